The van der Waals surface area contributed by atoms with E-state index < -0.39 is 11.6 Å². The lowest BCUT2D eigenvalue weighted by Gasteiger charge is -2.22. The van der Waals surface area contributed by atoms with Gasteiger partial charge >= 0.3 is 0 Å². The van der Waals surface area contributed by atoms with Crippen LogP contribution in [0.1, 0.15) is 63.8 Å². The average molecular weight is 412 g/mol. The van der Waals surface area contributed by atoms with Gasteiger partial charge in [-0.3, -0.25) is 4.57 Å². The molecule has 158 valence electrons. The highest BCUT2D eigenvalue weighted by Crippen LogP contribution is 2.36. The number of aromatic nitrogens is 4. The number of benzene rings is 1. The Balaban J connectivity index is 1.51. The van der Waals surface area contributed by atoms with E-state index in [9.17, 15) is 8.78 Å². The minimum Gasteiger partial charge on any atom is -0.351 e. The summed E-state index contributed by atoms with van der Waals surface area (Å²) in [6, 6.07) is 4.16. The molecule has 8 heteroatoms. The second kappa shape index (κ2) is 8.16. The third-order valence-corrected chi connectivity index (χ3v) is 6.24. The normalized spacial score (nSPS) is 18.2. The molecule has 0 aliphatic heterocycles. The number of rotatable bonds is 5. The molecule has 6 nitrogen and oxygen atoms in total. The van der Waals surface area contributed by atoms with Gasteiger partial charge in [-0.1, -0.05) is 32.1 Å². The van der Waals surface area contributed by atoms with Crippen LogP contribution in [0.5, 0.6) is 0 Å². The van der Waals surface area contributed by atoms with Crippen LogP contribution in [0.4, 0.5) is 26.4 Å². The van der Waals surface area contributed by atoms with Crippen LogP contribution in [0.15, 0.2) is 24.4 Å². The summed E-state index contributed by atoms with van der Waals surface area (Å²) in [6.07, 6.45) is 12.1. The smallest absolute Gasteiger partial charge is 0.224 e. The molecule has 0 saturated heterocycles. The Hall–Kier alpha value is -2.77. The Labute approximate surface area is 174 Å². The second-order valence-electron chi connectivity index (χ2n) is 8.37. The number of nitrogens with zero attached hydrogens (tertiary/aromatic N) is 4. The Morgan fingerprint density at radius 2 is 1.70 bits per heavy atom. The fourth-order valence-corrected chi connectivity index (χ4v) is 4.70. The van der Waals surface area contributed by atoms with Crippen LogP contribution < -0.4 is 10.6 Å². The third kappa shape index (κ3) is 3.82. The van der Waals surface area contributed by atoms with Crippen molar-refractivity contribution in [2.24, 2.45) is 0 Å². The number of halogens is 2. The van der Waals surface area contributed by atoms with E-state index in [1.165, 1.54) is 31.4 Å². The number of fused-ring (bicyclic) bond motifs is 1. The Kier molecular flexibility index (Phi) is 5.23. The van der Waals surface area contributed by atoms with Gasteiger partial charge in [-0.05, 0) is 37.8 Å². The van der Waals surface area contributed by atoms with Gasteiger partial charge in [0.05, 0.1) is 11.9 Å². The van der Waals surface area contributed by atoms with Crippen molar-refractivity contribution < 1.29 is 8.78 Å². The molecule has 1 aromatic carbocycles. The Morgan fingerprint density at radius 1 is 0.933 bits per heavy atom. The van der Waals surface area contributed by atoms with Gasteiger partial charge in [-0.2, -0.15) is 4.98 Å². The lowest BCUT2D eigenvalue weighted by atomic mass is 9.96. The molecular formula is C22H26F2N6. The van der Waals surface area contributed by atoms with Crippen LogP contribution in [-0.2, 0) is 0 Å². The monoisotopic (exact) mass is 412 g/mol. The van der Waals surface area contributed by atoms with Gasteiger partial charge in [0.2, 0.25) is 11.9 Å². The molecular weight excluding hydrogens is 386 g/mol. The fraction of sp³-hybridized carbons (Fsp3) is 0.500. The first kappa shape index (κ1) is 19.2. The summed E-state index contributed by atoms with van der Waals surface area (Å²) in [6.45, 7) is 0. The number of hydrogen-bond acceptors (Lipinski definition) is 5. The van der Waals surface area contributed by atoms with Gasteiger partial charge < -0.3 is 10.6 Å². The van der Waals surface area contributed by atoms with Crippen molar-refractivity contribution in [1.29, 1.82) is 0 Å². The summed E-state index contributed by atoms with van der Waals surface area (Å²) in [4.78, 5) is 13.9. The van der Waals surface area contributed by atoms with Crippen LogP contribution in [0.2, 0.25) is 0 Å². The van der Waals surface area contributed by atoms with Crippen LogP contribution in [0.3, 0.4) is 0 Å². The van der Waals surface area contributed by atoms with Crippen molar-refractivity contribution >= 4 is 28.7 Å². The van der Waals surface area contributed by atoms with Crippen molar-refractivity contribution in [3.63, 3.8) is 0 Å². The molecule has 2 saturated carbocycles. The van der Waals surface area contributed by atoms with Crippen molar-refractivity contribution in [3.8, 4) is 0 Å². The molecule has 0 spiro atoms. The van der Waals surface area contributed by atoms with Crippen molar-refractivity contribution in [2.45, 2.75) is 69.9 Å². The van der Waals surface area contributed by atoms with Crippen molar-refractivity contribution in [1.82, 2.24) is 19.5 Å². The van der Waals surface area contributed by atoms with Crippen LogP contribution in [0.25, 0.3) is 11.2 Å². The summed E-state index contributed by atoms with van der Waals surface area (Å²) in [5.41, 5.74) is 1.61. The summed E-state index contributed by atoms with van der Waals surface area (Å²) >= 11 is 0. The van der Waals surface area contributed by atoms with Gasteiger partial charge in [0.25, 0.3) is 0 Å². The van der Waals surface area contributed by atoms with Crippen LogP contribution >= 0.6 is 0 Å². The molecule has 3 aromatic rings. The highest BCUT2D eigenvalue weighted by atomic mass is 19.1. The molecule has 0 bridgehead atoms. The molecule has 2 N–H and O–H groups in total. The predicted octanol–water partition coefficient (Wildman–Crippen LogP) is 5.71. The highest BCUT2D eigenvalue weighted by Gasteiger charge is 2.25. The fourth-order valence-electron chi connectivity index (χ4n) is 4.70. The van der Waals surface area contributed by atoms with E-state index in [0.29, 0.717) is 23.5 Å². The first-order chi connectivity index (χ1) is 14.7. The minimum atomic E-state index is -0.647. The summed E-state index contributed by atoms with van der Waals surface area (Å²) < 4.78 is 29.6. The molecule has 2 aromatic heterocycles. The standard InChI is InChI=1S/C22H26F2N6/c23-14-10-11-18(17(24)12-14)27-22-28-19-13-25-21(26-15-6-2-1-3-7-15)29-20(19)30(22)16-8-4-5-9-16/h10-13,15-16H,1-9H2,(H,27,28)(H,25,26,29). The van der Waals surface area contributed by atoms with E-state index in [1.54, 1.807) is 6.20 Å². The summed E-state index contributed by atoms with van der Waals surface area (Å²) in [5.74, 6) is -0.114. The lowest BCUT2D eigenvalue weighted by molar-refractivity contribution is 0.461. The van der Waals surface area contributed by atoms with E-state index in [1.807, 2.05) is 0 Å². The minimum absolute atomic E-state index is 0.194. The van der Waals surface area contributed by atoms with Gasteiger partial charge in [-0.15, -0.1) is 0 Å². The van der Waals surface area contributed by atoms with Gasteiger partial charge in [0.1, 0.15) is 17.2 Å². The van der Waals surface area contributed by atoms with E-state index in [4.69, 9.17) is 4.98 Å². The van der Waals surface area contributed by atoms with Gasteiger partial charge in [-0.25, -0.2) is 18.7 Å². The third-order valence-electron chi connectivity index (χ3n) is 6.24. The molecule has 5 rings (SSSR count). The Morgan fingerprint density at radius 3 is 2.47 bits per heavy atom. The lowest BCUT2D eigenvalue weighted by Crippen LogP contribution is -2.23. The molecule has 2 fully saturated rings. The predicted molar refractivity (Wildman–Crippen MR) is 113 cm³/mol. The van der Waals surface area contributed by atoms with Crippen molar-refractivity contribution in [2.75, 3.05) is 10.6 Å². The summed E-state index contributed by atoms with van der Waals surface area (Å²) in [5, 5.41) is 6.54. The van der Waals surface area contributed by atoms with E-state index in [2.05, 4.69) is 25.2 Å². The molecule has 0 radical (unpaired) electrons. The van der Waals surface area contributed by atoms with Gasteiger partial charge in [0.15, 0.2) is 5.65 Å². The van der Waals surface area contributed by atoms with E-state index >= 15 is 0 Å². The SMILES string of the molecule is Fc1ccc(Nc2nc3cnc(NC4CCCCC4)nc3n2C2CCCC2)c(F)c1. The molecule has 0 unspecified atom stereocenters. The largest absolute Gasteiger partial charge is 0.351 e. The molecule has 2 aliphatic carbocycles. The highest BCUT2D eigenvalue weighted by molar-refractivity contribution is 5.76. The quantitative estimate of drug-likeness (QED) is 0.562. The summed E-state index contributed by atoms with van der Waals surface area (Å²) in [7, 11) is 0. The number of imidazole rings is 1. The topological polar surface area (TPSA) is 67.7 Å². The molecule has 2 heterocycles. The van der Waals surface area contributed by atoms with Crippen LogP contribution in [0, 0.1) is 11.6 Å². The first-order valence-corrected chi connectivity index (χ1v) is 10.9. The maximum absolute atomic E-state index is 14.2. The second-order valence-corrected chi connectivity index (χ2v) is 8.37. The van der Waals surface area contributed by atoms with E-state index in [0.717, 1.165) is 50.2 Å². The number of anilines is 3. The van der Waals surface area contributed by atoms with Crippen molar-refractivity contribution in [3.05, 3.63) is 36.0 Å². The van der Waals surface area contributed by atoms with Crippen LogP contribution in [-0.4, -0.2) is 25.6 Å². The average Bonchev–Trinajstić information content (AvgIpc) is 3.38. The zero-order valence-electron chi connectivity index (χ0n) is 16.9. The molecule has 0 atom stereocenters. The zero-order chi connectivity index (χ0) is 20.5. The maximum atomic E-state index is 14.2. The van der Waals surface area contributed by atoms with Gasteiger partial charge in [0, 0.05) is 18.2 Å². The number of nitrogens with one attached hydrogen (secondary N) is 2. The number of hydrogen-bond donors (Lipinski definition) is 2. The molecule has 2 aliphatic rings. The van der Waals surface area contributed by atoms with E-state index in [-0.39, 0.29) is 11.7 Å². The maximum Gasteiger partial charge on any atom is 0.224 e. The Bertz CT molecular complexity index is 1040. The zero-order valence-corrected chi connectivity index (χ0v) is 16.9. The molecule has 0 amide bonds. The molecule has 30 heavy (non-hydrogen) atoms. The first-order valence-electron chi connectivity index (χ1n) is 10.9.